The van der Waals surface area contributed by atoms with Gasteiger partial charge in [-0.25, -0.2) is 9.97 Å². The smallest absolute Gasteiger partial charge is 0.239 e. The molecule has 0 atom stereocenters. The summed E-state index contributed by atoms with van der Waals surface area (Å²) < 4.78 is 3.20. The van der Waals surface area contributed by atoms with Gasteiger partial charge in [0.15, 0.2) is 5.13 Å². The Labute approximate surface area is 191 Å². The van der Waals surface area contributed by atoms with Crippen LogP contribution in [-0.2, 0) is 11.3 Å². The molecule has 0 fully saturated rings. The van der Waals surface area contributed by atoms with E-state index in [1.807, 2.05) is 22.0 Å². The highest BCUT2D eigenvalue weighted by Gasteiger charge is 2.21. The first-order valence-corrected chi connectivity index (χ1v) is 12.1. The number of imidazole rings is 1. The summed E-state index contributed by atoms with van der Waals surface area (Å²) in [6.07, 6.45) is 6.37. The molecule has 1 amide bonds. The maximum atomic E-state index is 13.3. The molecule has 0 unspecified atom stereocenters. The molecule has 31 heavy (non-hydrogen) atoms. The lowest BCUT2D eigenvalue weighted by Gasteiger charge is -2.20. The van der Waals surface area contributed by atoms with E-state index in [-0.39, 0.29) is 5.91 Å². The normalized spacial score (nSPS) is 11.2. The molecule has 0 aliphatic rings. The van der Waals surface area contributed by atoms with Gasteiger partial charge in [-0.15, -0.1) is 11.8 Å². The number of thioether (sulfide) groups is 1. The second kappa shape index (κ2) is 9.66. The van der Waals surface area contributed by atoms with E-state index in [0.29, 0.717) is 12.3 Å². The standard InChI is InChI=1S/C24H26N4OS2/c1-17-5-9-20(10-6-17)30-15-21(29)28(13-4-12-27-14-11-25-16-27)24-26-22-18(2)7-8-19(3)23(22)31-24/h5-11,14,16H,4,12-13,15H2,1-3H3. The Morgan fingerprint density at radius 1 is 1.10 bits per heavy atom. The second-order valence-corrected chi connectivity index (χ2v) is 9.70. The quantitative estimate of drug-likeness (QED) is 0.326. The summed E-state index contributed by atoms with van der Waals surface area (Å²) in [5.74, 6) is 0.479. The van der Waals surface area contributed by atoms with Gasteiger partial charge in [-0.1, -0.05) is 41.2 Å². The van der Waals surface area contributed by atoms with Crippen LogP contribution in [0.3, 0.4) is 0 Å². The minimum Gasteiger partial charge on any atom is -0.337 e. The number of anilines is 1. The highest BCUT2D eigenvalue weighted by atomic mass is 32.2. The minimum atomic E-state index is 0.0885. The van der Waals surface area contributed by atoms with Crippen LogP contribution in [0.4, 0.5) is 5.13 Å². The summed E-state index contributed by atoms with van der Waals surface area (Å²) in [4.78, 5) is 25.2. The Morgan fingerprint density at radius 2 is 1.87 bits per heavy atom. The molecule has 0 saturated heterocycles. The summed E-state index contributed by atoms with van der Waals surface area (Å²) in [7, 11) is 0. The van der Waals surface area contributed by atoms with Crippen LogP contribution in [0, 0.1) is 20.8 Å². The van der Waals surface area contributed by atoms with E-state index in [0.717, 1.165) is 38.8 Å². The third-order valence-corrected chi connectivity index (χ3v) is 7.41. The molecule has 0 radical (unpaired) electrons. The molecule has 0 aliphatic carbocycles. The third kappa shape index (κ3) is 5.17. The average Bonchev–Trinajstić information content (AvgIpc) is 3.44. The number of carbonyl (C=O) groups is 1. The zero-order chi connectivity index (χ0) is 21.8. The first-order chi connectivity index (χ1) is 15.0. The van der Waals surface area contributed by atoms with E-state index < -0.39 is 0 Å². The Kier molecular flexibility index (Phi) is 6.73. The van der Waals surface area contributed by atoms with Crippen molar-refractivity contribution >= 4 is 44.4 Å². The van der Waals surface area contributed by atoms with E-state index in [2.05, 4.69) is 62.2 Å². The molecule has 4 aromatic rings. The third-order valence-electron chi connectivity index (χ3n) is 5.20. The van der Waals surface area contributed by atoms with Crippen LogP contribution in [0.2, 0.25) is 0 Å². The van der Waals surface area contributed by atoms with Gasteiger partial charge in [-0.2, -0.15) is 0 Å². The van der Waals surface area contributed by atoms with E-state index in [9.17, 15) is 4.79 Å². The molecule has 0 spiro atoms. The zero-order valence-corrected chi connectivity index (χ0v) is 19.7. The van der Waals surface area contributed by atoms with Gasteiger partial charge < -0.3 is 4.57 Å². The van der Waals surface area contributed by atoms with Crippen molar-refractivity contribution in [3.63, 3.8) is 0 Å². The lowest BCUT2D eigenvalue weighted by atomic mass is 10.1. The van der Waals surface area contributed by atoms with Crippen molar-refractivity contribution in [1.29, 1.82) is 0 Å². The van der Waals surface area contributed by atoms with Gasteiger partial charge in [0.2, 0.25) is 5.91 Å². The van der Waals surface area contributed by atoms with Crippen molar-refractivity contribution in [3.05, 3.63) is 71.8 Å². The number of aromatic nitrogens is 3. The first kappa shape index (κ1) is 21.6. The number of nitrogens with zero attached hydrogens (tertiary/aromatic N) is 4. The van der Waals surface area contributed by atoms with Crippen LogP contribution in [0.5, 0.6) is 0 Å². The zero-order valence-electron chi connectivity index (χ0n) is 18.0. The van der Waals surface area contributed by atoms with Crippen LogP contribution in [-0.4, -0.2) is 32.7 Å². The van der Waals surface area contributed by atoms with Crippen molar-refractivity contribution in [2.24, 2.45) is 0 Å². The van der Waals surface area contributed by atoms with Crippen LogP contribution >= 0.6 is 23.1 Å². The lowest BCUT2D eigenvalue weighted by Crippen LogP contribution is -2.33. The minimum absolute atomic E-state index is 0.0885. The monoisotopic (exact) mass is 450 g/mol. The Bertz CT molecular complexity index is 1130. The largest absolute Gasteiger partial charge is 0.337 e. The number of amides is 1. The predicted molar refractivity (Wildman–Crippen MR) is 130 cm³/mol. The number of aryl methyl sites for hydroxylation is 4. The molecule has 160 valence electrons. The number of carbonyl (C=O) groups excluding carboxylic acids is 1. The summed E-state index contributed by atoms with van der Waals surface area (Å²) in [5.41, 5.74) is 4.56. The van der Waals surface area contributed by atoms with Crippen LogP contribution < -0.4 is 4.90 Å². The molecule has 2 heterocycles. The van der Waals surface area contributed by atoms with Crippen LogP contribution in [0.15, 0.2) is 60.0 Å². The second-order valence-electron chi connectivity index (χ2n) is 7.67. The molecule has 5 nitrogen and oxygen atoms in total. The van der Waals surface area contributed by atoms with E-state index in [4.69, 9.17) is 4.98 Å². The fourth-order valence-corrected chi connectivity index (χ4v) is 5.31. The van der Waals surface area contributed by atoms with Crippen LogP contribution in [0.25, 0.3) is 10.2 Å². The molecule has 2 aromatic carbocycles. The highest BCUT2D eigenvalue weighted by Crippen LogP contribution is 2.33. The lowest BCUT2D eigenvalue weighted by molar-refractivity contribution is -0.116. The molecular formula is C24H26N4OS2. The number of fused-ring (bicyclic) bond motifs is 1. The van der Waals surface area contributed by atoms with Gasteiger partial charge in [0.25, 0.3) is 0 Å². The summed E-state index contributed by atoms with van der Waals surface area (Å²) >= 11 is 3.19. The van der Waals surface area contributed by atoms with Crippen LogP contribution in [0.1, 0.15) is 23.1 Å². The Morgan fingerprint density at radius 3 is 2.58 bits per heavy atom. The van der Waals surface area contributed by atoms with E-state index >= 15 is 0 Å². The van der Waals surface area contributed by atoms with Gasteiger partial charge in [-0.05, 0) is 50.5 Å². The molecule has 2 aromatic heterocycles. The maximum Gasteiger partial charge on any atom is 0.239 e. The SMILES string of the molecule is Cc1ccc(SCC(=O)N(CCCn2ccnc2)c2nc3c(C)ccc(C)c3s2)cc1. The molecule has 0 bridgehead atoms. The fraction of sp³-hybridized carbons (Fsp3) is 0.292. The summed E-state index contributed by atoms with van der Waals surface area (Å²) in [6.45, 7) is 7.69. The number of hydrogen-bond acceptors (Lipinski definition) is 5. The predicted octanol–water partition coefficient (Wildman–Crippen LogP) is 5.63. The molecule has 4 rings (SSSR count). The number of rotatable bonds is 8. The van der Waals surface area contributed by atoms with Gasteiger partial charge in [0.05, 0.1) is 22.3 Å². The summed E-state index contributed by atoms with van der Waals surface area (Å²) in [5, 5.41) is 0.785. The van der Waals surface area contributed by atoms with Gasteiger partial charge in [-0.3, -0.25) is 9.69 Å². The van der Waals surface area contributed by atoms with Gasteiger partial charge in [0.1, 0.15) is 0 Å². The van der Waals surface area contributed by atoms with E-state index in [1.54, 1.807) is 29.3 Å². The first-order valence-electron chi connectivity index (χ1n) is 10.3. The topological polar surface area (TPSA) is 51.0 Å². The molecule has 0 saturated carbocycles. The fourth-order valence-electron chi connectivity index (χ4n) is 3.38. The Hall–Kier alpha value is -2.64. The van der Waals surface area contributed by atoms with Crippen molar-refractivity contribution in [3.8, 4) is 0 Å². The van der Waals surface area contributed by atoms with E-state index in [1.165, 1.54) is 11.1 Å². The molecular weight excluding hydrogens is 424 g/mol. The number of hydrogen-bond donors (Lipinski definition) is 0. The van der Waals surface area contributed by atoms with Crippen molar-refractivity contribution in [2.75, 3.05) is 17.2 Å². The van der Waals surface area contributed by atoms with Crippen molar-refractivity contribution in [2.45, 2.75) is 38.6 Å². The highest BCUT2D eigenvalue weighted by molar-refractivity contribution is 8.00. The Balaban J connectivity index is 1.54. The van der Waals surface area contributed by atoms with Gasteiger partial charge >= 0.3 is 0 Å². The van der Waals surface area contributed by atoms with Crippen molar-refractivity contribution < 1.29 is 4.79 Å². The average molecular weight is 451 g/mol. The van der Waals surface area contributed by atoms with Gasteiger partial charge in [0, 0.05) is 30.4 Å². The maximum absolute atomic E-state index is 13.3. The molecule has 0 N–H and O–H groups in total. The van der Waals surface area contributed by atoms with Crippen molar-refractivity contribution in [1.82, 2.24) is 14.5 Å². The number of benzene rings is 2. The summed E-state index contributed by atoms with van der Waals surface area (Å²) in [6, 6.07) is 12.5. The molecule has 0 aliphatic heterocycles. The number of thiazole rings is 1. The molecule has 7 heteroatoms.